The van der Waals surface area contributed by atoms with Gasteiger partial charge in [-0.05, 0) is 160 Å². The third kappa shape index (κ3) is 5.94. The van der Waals surface area contributed by atoms with Crippen LogP contribution in [0.15, 0.2) is 109 Å². The summed E-state index contributed by atoms with van der Waals surface area (Å²) in [5.74, 6) is 0. The van der Waals surface area contributed by atoms with Gasteiger partial charge in [0, 0.05) is 10.6 Å². The van der Waals surface area contributed by atoms with Gasteiger partial charge in [-0.3, -0.25) is 0 Å². The third-order valence-electron chi connectivity index (χ3n) is 9.32. The van der Waals surface area contributed by atoms with Gasteiger partial charge >= 0.3 is 0 Å². The molecule has 0 aromatic heterocycles. The zero-order valence-electron chi connectivity index (χ0n) is 28.3. The molecular formula is C44H42P2. The standard InChI is InChI=1S/C44H42P2/c1-27-15-9-16-28(2)39(27)35-23-13-24-36(40-29(3)17-10-18-30(40)4)43(35)45-46-44-37(41-31(5)19-11-20-32(41)6)25-14-26-38(44)42-33(7)21-12-22-34(42)8/h9-26H,1-8H3. The number of hydrogen-bond donors (Lipinski definition) is 0. The summed E-state index contributed by atoms with van der Waals surface area (Å²) in [6.45, 7) is 18.0. The molecule has 0 atom stereocenters. The van der Waals surface area contributed by atoms with Crippen LogP contribution in [0.4, 0.5) is 0 Å². The van der Waals surface area contributed by atoms with E-state index in [1.54, 1.807) is 0 Å². The molecule has 2 heteroatoms. The predicted molar refractivity (Wildman–Crippen MR) is 206 cm³/mol. The normalized spacial score (nSPS) is 11.4. The van der Waals surface area contributed by atoms with Gasteiger partial charge in [0.25, 0.3) is 0 Å². The highest BCUT2D eigenvalue weighted by Gasteiger charge is 2.19. The lowest BCUT2D eigenvalue weighted by atomic mass is 9.90. The molecule has 0 unspecified atom stereocenters. The first kappa shape index (κ1) is 31.9. The second-order valence-electron chi connectivity index (χ2n) is 12.7. The minimum Gasteiger partial charge on any atom is -0.0617 e. The molecule has 6 aromatic carbocycles. The molecule has 0 saturated carbocycles. The van der Waals surface area contributed by atoms with E-state index in [0.29, 0.717) is 0 Å². The second-order valence-corrected chi connectivity index (χ2v) is 15.2. The summed E-state index contributed by atoms with van der Waals surface area (Å²) in [5.41, 5.74) is 21.3. The molecule has 0 bridgehead atoms. The van der Waals surface area contributed by atoms with Gasteiger partial charge in [0.1, 0.15) is 0 Å². The Hall–Kier alpha value is -4.08. The second kappa shape index (κ2) is 13.3. The third-order valence-corrected chi connectivity index (χ3v) is 12.3. The van der Waals surface area contributed by atoms with E-state index in [1.807, 2.05) is 0 Å². The lowest BCUT2D eigenvalue weighted by Crippen LogP contribution is -2.08. The lowest BCUT2D eigenvalue weighted by Gasteiger charge is -2.20. The van der Waals surface area contributed by atoms with E-state index in [1.165, 1.54) is 115 Å². The predicted octanol–water partition coefficient (Wildman–Crippen LogP) is 12.6. The molecule has 0 radical (unpaired) electrons. The topological polar surface area (TPSA) is 0 Å². The Bertz CT molecular complexity index is 1760. The monoisotopic (exact) mass is 632 g/mol. The maximum absolute atomic E-state index is 2.34. The Labute approximate surface area is 279 Å². The van der Waals surface area contributed by atoms with Gasteiger partial charge in [0.2, 0.25) is 0 Å². The van der Waals surface area contributed by atoms with Gasteiger partial charge in [-0.2, -0.15) is 0 Å². The molecule has 0 nitrogen and oxygen atoms in total. The number of aryl methyl sites for hydroxylation is 8. The van der Waals surface area contributed by atoms with Crippen LogP contribution >= 0.6 is 15.7 Å². The van der Waals surface area contributed by atoms with Gasteiger partial charge in [-0.15, -0.1) is 0 Å². The fraction of sp³-hybridized carbons (Fsp3) is 0.182. The first-order valence-electron chi connectivity index (χ1n) is 16.1. The first-order chi connectivity index (χ1) is 22.2. The van der Waals surface area contributed by atoms with Crippen LogP contribution in [0.3, 0.4) is 0 Å². The van der Waals surface area contributed by atoms with Crippen LogP contribution in [-0.2, 0) is 0 Å². The molecule has 6 aromatic rings. The van der Waals surface area contributed by atoms with E-state index in [0.717, 1.165) is 0 Å². The molecule has 0 aliphatic rings. The van der Waals surface area contributed by atoms with Crippen LogP contribution in [0.25, 0.3) is 44.5 Å². The molecule has 0 N–H and O–H groups in total. The quantitative estimate of drug-likeness (QED) is 0.160. The van der Waals surface area contributed by atoms with E-state index in [2.05, 4.69) is 165 Å². The van der Waals surface area contributed by atoms with Crippen molar-refractivity contribution in [3.05, 3.63) is 154 Å². The van der Waals surface area contributed by atoms with Gasteiger partial charge in [0.15, 0.2) is 0 Å². The van der Waals surface area contributed by atoms with Crippen molar-refractivity contribution in [1.29, 1.82) is 0 Å². The molecule has 0 fully saturated rings. The zero-order chi connectivity index (χ0) is 32.5. The Balaban J connectivity index is 1.71. The van der Waals surface area contributed by atoms with Crippen LogP contribution in [0.1, 0.15) is 44.5 Å². The van der Waals surface area contributed by atoms with Crippen molar-refractivity contribution in [3.63, 3.8) is 0 Å². The highest BCUT2D eigenvalue weighted by Crippen LogP contribution is 2.40. The maximum atomic E-state index is 2.34. The minimum absolute atomic E-state index is 1.26. The minimum atomic E-state index is 1.26. The molecule has 0 spiro atoms. The van der Waals surface area contributed by atoms with Gasteiger partial charge in [-0.25, -0.2) is 0 Å². The first-order valence-corrected chi connectivity index (χ1v) is 18.6. The summed E-state index contributed by atoms with van der Waals surface area (Å²) < 4.78 is 0. The molecule has 0 heterocycles. The Morgan fingerprint density at radius 2 is 0.435 bits per heavy atom. The summed E-state index contributed by atoms with van der Waals surface area (Å²) >= 11 is 0. The van der Waals surface area contributed by atoms with Gasteiger partial charge < -0.3 is 0 Å². The summed E-state index contributed by atoms with van der Waals surface area (Å²) in [6, 6.07) is 40.6. The number of hydrogen-bond acceptors (Lipinski definition) is 0. The van der Waals surface area contributed by atoms with E-state index >= 15 is 0 Å². The molecule has 228 valence electrons. The fourth-order valence-electron chi connectivity index (χ4n) is 7.17. The van der Waals surface area contributed by atoms with Crippen molar-refractivity contribution in [2.45, 2.75) is 55.4 Å². The molecule has 0 aliphatic carbocycles. The highest BCUT2D eigenvalue weighted by molar-refractivity contribution is 7.91. The fourth-order valence-corrected chi connectivity index (χ4v) is 10.4. The zero-order valence-corrected chi connectivity index (χ0v) is 30.1. The highest BCUT2D eigenvalue weighted by atomic mass is 31.7. The maximum Gasteiger partial charge on any atom is 0.0221 e. The Morgan fingerprint density at radius 1 is 0.261 bits per heavy atom. The molecule has 0 saturated heterocycles. The molecular weight excluding hydrogens is 590 g/mol. The molecule has 46 heavy (non-hydrogen) atoms. The summed E-state index contributed by atoms with van der Waals surface area (Å²) in [7, 11) is 2.52. The van der Waals surface area contributed by atoms with Crippen LogP contribution in [0.2, 0.25) is 0 Å². The molecule has 6 rings (SSSR count). The van der Waals surface area contributed by atoms with Crippen molar-refractivity contribution < 1.29 is 0 Å². The summed E-state index contributed by atoms with van der Waals surface area (Å²) in [6.07, 6.45) is 0. The van der Waals surface area contributed by atoms with Crippen LogP contribution in [0, 0.1) is 55.4 Å². The largest absolute Gasteiger partial charge is 0.0617 e. The van der Waals surface area contributed by atoms with E-state index in [4.69, 9.17) is 0 Å². The smallest absolute Gasteiger partial charge is 0.0221 e. The van der Waals surface area contributed by atoms with Crippen molar-refractivity contribution in [3.8, 4) is 44.5 Å². The SMILES string of the molecule is Cc1cccc(C)c1-c1cccc(-c2c(C)cccc2C)c1P=Pc1c(-c2c(C)cccc2C)cccc1-c1c(C)cccc1C. The van der Waals surface area contributed by atoms with E-state index < -0.39 is 0 Å². The Kier molecular flexibility index (Phi) is 9.25. The van der Waals surface area contributed by atoms with Crippen molar-refractivity contribution in [2.24, 2.45) is 0 Å². The van der Waals surface area contributed by atoms with Crippen molar-refractivity contribution in [1.82, 2.24) is 0 Å². The van der Waals surface area contributed by atoms with Crippen molar-refractivity contribution in [2.75, 3.05) is 0 Å². The van der Waals surface area contributed by atoms with Crippen molar-refractivity contribution >= 4 is 26.3 Å². The molecule has 0 amide bonds. The van der Waals surface area contributed by atoms with Gasteiger partial charge in [0.05, 0.1) is 0 Å². The average Bonchev–Trinajstić information content (AvgIpc) is 3.01. The number of rotatable bonds is 6. The lowest BCUT2D eigenvalue weighted by molar-refractivity contribution is 1.37. The van der Waals surface area contributed by atoms with Gasteiger partial charge in [-0.1, -0.05) is 109 Å². The van der Waals surface area contributed by atoms with Crippen LogP contribution in [0.5, 0.6) is 0 Å². The van der Waals surface area contributed by atoms with E-state index in [-0.39, 0.29) is 0 Å². The van der Waals surface area contributed by atoms with Crippen LogP contribution < -0.4 is 10.6 Å². The Morgan fingerprint density at radius 3 is 0.630 bits per heavy atom. The molecule has 0 aliphatic heterocycles. The van der Waals surface area contributed by atoms with E-state index in [9.17, 15) is 0 Å². The summed E-state index contributed by atoms with van der Waals surface area (Å²) in [5, 5.41) is 2.78. The van der Waals surface area contributed by atoms with Crippen LogP contribution in [-0.4, -0.2) is 0 Å². The number of benzene rings is 6. The average molecular weight is 633 g/mol. The summed E-state index contributed by atoms with van der Waals surface area (Å²) in [4.78, 5) is 0.